The number of benzene rings is 1. The molecule has 21 heavy (non-hydrogen) atoms. The summed E-state index contributed by atoms with van der Waals surface area (Å²) in [5, 5.41) is 1.44. The molecule has 0 bridgehead atoms. The van der Waals surface area contributed by atoms with Crippen molar-refractivity contribution in [3.05, 3.63) is 58.1 Å². The van der Waals surface area contributed by atoms with E-state index in [4.69, 9.17) is 11.6 Å². The Morgan fingerprint density at radius 2 is 1.95 bits per heavy atom. The highest BCUT2D eigenvalue weighted by Crippen LogP contribution is 2.35. The Labute approximate surface area is 128 Å². The SMILES string of the molecule is O=c1[nH]c(-c2ccncc2)nc2c1sc1cccc(Cl)c12. The normalized spacial score (nSPS) is 11.3. The maximum atomic E-state index is 12.3. The molecule has 6 heteroatoms. The Morgan fingerprint density at radius 3 is 2.76 bits per heavy atom. The molecule has 0 aliphatic carbocycles. The molecule has 1 aromatic carbocycles. The van der Waals surface area contributed by atoms with Crippen LogP contribution in [-0.4, -0.2) is 15.0 Å². The van der Waals surface area contributed by atoms with Crippen molar-refractivity contribution in [3.8, 4) is 11.4 Å². The van der Waals surface area contributed by atoms with Crippen LogP contribution in [0.2, 0.25) is 5.02 Å². The number of hydrogen-bond donors (Lipinski definition) is 1. The number of nitrogens with zero attached hydrogens (tertiary/aromatic N) is 2. The summed E-state index contributed by atoms with van der Waals surface area (Å²) in [6.45, 7) is 0. The molecule has 0 atom stereocenters. The van der Waals surface area contributed by atoms with E-state index >= 15 is 0 Å². The van der Waals surface area contributed by atoms with Crippen LogP contribution < -0.4 is 5.56 Å². The van der Waals surface area contributed by atoms with E-state index in [1.165, 1.54) is 11.3 Å². The summed E-state index contributed by atoms with van der Waals surface area (Å²) in [6.07, 6.45) is 3.33. The fraction of sp³-hybridized carbons (Fsp3) is 0. The summed E-state index contributed by atoms with van der Waals surface area (Å²) in [5.41, 5.74) is 1.32. The van der Waals surface area contributed by atoms with E-state index < -0.39 is 0 Å². The molecule has 0 fully saturated rings. The number of pyridine rings is 1. The van der Waals surface area contributed by atoms with Gasteiger partial charge in [-0.05, 0) is 24.3 Å². The third-order valence-electron chi connectivity index (χ3n) is 3.25. The zero-order valence-electron chi connectivity index (χ0n) is 10.6. The molecule has 4 aromatic rings. The molecule has 0 amide bonds. The van der Waals surface area contributed by atoms with Crippen LogP contribution in [0.4, 0.5) is 0 Å². The van der Waals surface area contributed by atoms with E-state index in [0.29, 0.717) is 21.1 Å². The van der Waals surface area contributed by atoms with Gasteiger partial charge in [-0.1, -0.05) is 17.7 Å². The van der Waals surface area contributed by atoms with Gasteiger partial charge in [0.05, 0.1) is 10.5 Å². The van der Waals surface area contributed by atoms with E-state index in [2.05, 4.69) is 15.0 Å². The first-order chi connectivity index (χ1) is 10.2. The van der Waals surface area contributed by atoms with Crippen molar-refractivity contribution in [2.24, 2.45) is 0 Å². The number of hydrogen-bond acceptors (Lipinski definition) is 4. The van der Waals surface area contributed by atoms with Crippen LogP contribution in [0.1, 0.15) is 0 Å². The van der Waals surface area contributed by atoms with Gasteiger partial charge in [-0.2, -0.15) is 0 Å². The highest BCUT2D eigenvalue weighted by Gasteiger charge is 2.14. The molecule has 0 aliphatic rings. The van der Waals surface area contributed by atoms with Crippen molar-refractivity contribution >= 4 is 43.2 Å². The number of H-pyrrole nitrogens is 1. The van der Waals surface area contributed by atoms with Crippen molar-refractivity contribution in [1.29, 1.82) is 0 Å². The molecule has 3 aromatic heterocycles. The number of rotatable bonds is 1. The fourth-order valence-electron chi connectivity index (χ4n) is 2.30. The highest BCUT2D eigenvalue weighted by atomic mass is 35.5. The lowest BCUT2D eigenvalue weighted by Crippen LogP contribution is -2.07. The van der Waals surface area contributed by atoms with E-state index in [1.54, 1.807) is 24.5 Å². The molecule has 0 unspecified atom stereocenters. The molecule has 3 heterocycles. The number of thiophene rings is 1. The average Bonchev–Trinajstić information content (AvgIpc) is 2.89. The predicted molar refractivity (Wildman–Crippen MR) is 86.0 cm³/mol. The van der Waals surface area contributed by atoms with E-state index in [1.807, 2.05) is 18.2 Å². The van der Waals surface area contributed by atoms with Crippen LogP contribution in [-0.2, 0) is 0 Å². The molecule has 0 radical (unpaired) electrons. The van der Waals surface area contributed by atoms with Gasteiger partial charge in [-0.25, -0.2) is 4.98 Å². The van der Waals surface area contributed by atoms with Gasteiger partial charge >= 0.3 is 0 Å². The first-order valence-corrected chi connectivity index (χ1v) is 7.45. The molecular weight excluding hydrogens is 306 g/mol. The van der Waals surface area contributed by atoms with Gasteiger partial charge in [0, 0.05) is 28.0 Å². The summed E-state index contributed by atoms with van der Waals surface area (Å²) in [7, 11) is 0. The average molecular weight is 314 g/mol. The Bertz CT molecular complexity index is 1020. The zero-order valence-corrected chi connectivity index (χ0v) is 12.2. The summed E-state index contributed by atoms with van der Waals surface area (Å²) in [4.78, 5) is 23.7. The first-order valence-electron chi connectivity index (χ1n) is 6.25. The van der Waals surface area contributed by atoms with Crippen LogP contribution in [0.5, 0.6) is 0 Å². The van der Waals surface area contributed by atoms with Gasteiger partial charge in [0.25, 0.3) is 5.56 Å². The highest BCUT2D eigenvalue weighted by molar-refractivity contribution is 7.25. The van der Waals surface area contributed by atoms with Crippen molar-refractivity contribution in [3.63, 3.8) is 0 Å². The maximum absolute atomic E-state index is 12.3. The Hall–Kier alpha value is -2.24. The Balaban J connectivity index is 2.14. The van der Waals surface area contributed by atoms with Crippen molar-refractivity contribution in [2.45, 2.75) is 0 Å². The minimum absolute atomic E-state index is 0.149. The molecule has 0 spiro atoms. The van der Waals surface area contributed by atoms with Crippen molar-refractivity contribution in [2.75, 3.05) is 0 Å². The Kier molecular flexibility index (Phi) is 2.77. The third-order valence-corrected chi connectivity index (χ3v) is 4.71. The van der Waals surface area contributed by atoms with Crippen LogP contribution in [0.25, 0.3) is 31.7 Å². The van der Waals surface area contributed by atoms with Gasteiger partial charge in [-0.15, -0.1) is 11.3 Å². The summed E-state index contributed by atoms with van der Waals surface area (Å²) in [5.74, 6) is 0.523. The van der Waals surface area contributed by atoms with Crippen LogP contribution in [0.15, 0.2) is 47.5 Å². The topological polar surface area (TPSA) is 58.6 Å². The summed E-state index contributed by atoms with van der Waals surface area (Å²) >= 11 is 7.68. The predicted octanol–water partition coefficient (Wildman–Crippen LogP) is 3.85. The second-order valence-electron chi connectivity index (χ2n) is 4.54. The zero-order chi connectivity index (χ0) is 14.4. The van der Waals surface area contributed by atoms with E-state index in [0.717, 1.165) is 15.6 Å². The van der Waals surface area contributed by atoms with Gasteiger partial charge < -0.3 is 4.98 Å². The molecule has 4 rings (SSSR count). The lowest BCUT2D eigenvalue weighted by molar-refractivity contribution is 1.18. The maximum Gasteiger partial charge on any atom is 0.269 e. The lowest BCUT2D eigenvalue weighted by atomic mass is 10.2. The molecule has 0 saturated heterocycles. The van der Waals surface area contributed by atoms with Crippen molar-refractivity contribution in [1.82, 2.24) is 15.0 Å². The van der Waals surface area contributed by atoms with Crippen molar-refractivity contribution < 1.29 is 0 Å². The number of fused-ring (bicyclic) bond motifs is 3. The monoisotopic (exact) mass is 313 g/mol. The van der Waals surface area contributed by atoms with E-state index in [-0.39, 0.29) is 5.56 Å². The largest absolute Gasteiger partial charge is 0.305 e. The smallest absolute Gasteiger partial charge is 0.269 e. The first kappa shape index (κ1) is 12.5. The quantitative estimate of drug-likeness (QED) is 0.580. The number of aromatic nitrogens is 3. The number of halogens is 1. The van der Waals surface area contributed by atoms with E-state index in [9.17, 15) is 4.79 Å². The van der Waals surface area contributed by atoms with Crippen LogP contribution >= 0.6 is 22.9 Å². The minimum Gasteiger partial charge on any atom is -0.305 e. The molecule has 1 N–H and O–H groups in total. The third kappa shape index (κ3) is 1.93. The molecule has 0 saturated carbocycles. The molecule has 4 nitrogen and oxygen atoms in total. The van der Waals surface area contributed by atoms with Crippen LogP contribution in [0.3, 0.4) is 0 Å². The minimum atomic E-state index is -0.149. The molecule has 0 aliphatic heterocycles. The second-order valence-corrected chi connectivity index (χ2v) is 6.00. The summed E-state index contributed by atoms with van der Waals surface area (Å²) < 4.78 is 1.55. The second kappa shape index (κ2) is 4.65. The fourth-order valence-corrected chi connectivity index (χ4v) is 3.69. The van der Waals surface area contributed by atoms with Gasteiger partial charge in [0.2, 0.25) is 0 Å². The summed E-state index contributed by atoms with van der Waals surface area (Å²) in [6, 6.07) is 9.24. The molecule has 102 valence electrons. The standard InChI is InChI=1S/C15H8ClN3OS/c16-9-2-1-3-10-11(9)12-13(21-10)15(20)19-14(18-12)8-4-6-17-7-5-8/h1-7H,(H,18,19,20). The number of aromatic amines is 1. The number of nitrogens with one attached hydrogen (secondary N) is 1. The van der Waals surface area contributed by atoms with Gasteiger partial charge in [0.1, 0.15) is 10.5 Å². The molecular formula is C15H8ClN3OS. The lowest BCUT2D eigenvalue weighted by Gasteiger charge is -2.01. The van der Waals surface area contributed by atoms with Gasteiger partial charge in [-0.3, -0.25) is 9.78 Å². The van der Waals surface area contributed by atoms with Gasteiger partial charge in [0.15, 0.2) is 0 Å². The Morgan fingerprint density at radius 1 is 1.14 bits per heavy atom. The van der Waals surface area contributed by atoms with Crippen LogP contribution in [0, 0.1) is 0 Å².